The molecule has 6 heteroatoms. The molecule has 0 aliphatic rings. The molecule has 0 amide bonds. The van der Waals surface area contributed by atoms with Crippen LogP contribution in [0, 0.1) is 13.8 Å². The van der Waals surface area contributed by atoms with Crippen molar-refractivity contribution in [1.82, 2.24) is 15.0 Å². The average molecular weight is 233 g/mol. The Balaban J connectivity index is 2.75. The third-order valence-corrected chi connectivity index (χ3v) is 2.45. The van der Waals surface area contributed by atoms with Gasteiger partial charge in [-0.25, -0.2) is 0 Å². The molecule has 0 radical (unpaired) electrons. The van der Waals surface area contributed by atoms with Crippen LogP contribution in [0.5, 0.6) is 0 Å². The van der Waals surface area contributed by atoms with Crippen LogP contribution >= 0.6 is 0 Å². The second-order valence-corrected chi connectivity index (χ2v) is 3.92. The van der Waals surface area contributed by atoms with Gasteiger partial charge in [0.15, 0.2) is 0 Å². The van der Waals surface area contributed by atoms with Crippen molar-refractivity contribution in [2.24, 2.45) is 0 Å². The van der Waals surface area contributed by atoms with Gasteiger partial charge in [-0.05, 0) is 31.0 Å². The minimum absolute atomic E-state index is 0.402. The highest BCUT2D eigenvalue weighted by Crippen LogP contribution is 2.13. The summed E-state index contributed by atoms with van der Waals surface area (Å²) in [7, 11) is 0. The number of hydrogen-bond acceptors (Lipinski definition) is 4. The monoisotopic (exact) mass is 233 g/mol. The number of rotatable bonds is 2. The van der Waals surface area contributed by atoms with Gasteiger partial charge in [-0.1, -0.05) is 11.3 Å². The Kier molecular flexibility index (Phi) is 2.63. The molecule has 1 aromatic carbocycles. The Labute approximate surface area is 96.5 Å². The summed E-state index contributed by atoms with van der Waals surface area (Å²) < 4.78 is 0.851. The summed E-state index contributed by atoms with van der Waals surface area (Å²) in [6.07, 6.45) is 0. The van der Waals surface area contributed by atoms with Crippen LogP contribution < -0.4 is 5.56 Å². The molecule has 1 heterocycles. The molecule has 1 N–H and O–H groups in total. The zero-order valence-corrected chi connectivity index (χ0v) is 9.47. The first-order valence-corrected chi connectivity index (χ1v) is 5.05. The van der Waals surface area contributed by atoms with Crippen LogP contribution in [0.2, 0.25) is 0 Å². The van der Waals surface area contributed by atoms with Crippen molar-refractivity contribution < 1.29 is 9.90 Å². The van der Waals surface area contributed by atoms with Crippen molar-refractivity contribution in [1.29, 1.82) is 0 Å². The van der Waals surface area contributed by atoms with Gasteiger partial charge in [0, 0.05) is 0 Å². The fourth-order valence-corrected chi connectivity index (χ4v) is 1.77. The van der Waals surface area contributed by atoms with E-state index in [2.05, 4.69) is 10.3 Å². The van der Waals surface area contributed by atoms with Crippen LogP contribution in [0.25, 0.3) is 10.9 Å². The molecule has 0 fully saturated rings. The predicted octanol–water partition coefficient (Wildman–Crippen LogP) is 0.493. The molecule has 6 nitrogen and oxygen atoms in total. The van der Waals surface area contributed by atoms with Crippen molar-refractivity contribution in [3.05, 3.63) is 33.6 Å². The van der Waals surface area contributed by atoms with E-state index in [4.69, 9.17) is 5.11 Å². The Morgan fingerprint density at radius 3 is 2.76 bits per heavy atom. The Morgan fingerprint density at radius 2 is 2.12 bits per heavy atom. The maximum atomic E-state index is 12.0. The Hall–Kier alpha value is -2.24. The minimum Gasteiger partial charge on any atom is -0.480 e. The van der Waals surface area contributed by atoms with E-state index in [0.29, 0.717) is 10.9 Å². The second-order valence-electron chi connectivity index (χ2n) is 3.92. The fraction of sp³-hybridized carbons (Fsp3) is 0.273. The number of carbonyl (C=O) groups is 1. The smallest absolute Gasteiger partial charge is 0.325 e. The van der Waals surface area contributed by atoms with Crippen molar-refractivity contribution >= 4 is 16.9 Å². The fourth-order valence-electron chi connectivity index (χ4n) is 1.77. The maximum absolute atomic E-state index is 12.0. The molecular formula is C11H11N3O3. The van der Waals surface area contributed by atoms with Gasteiger partial charge < -0.3 is 5.11 Å². The summed E-state index contributed by atoms with van der Waals surface area (Å²) in [5, 5.41) is 16.5. The van der Waals surface area contributed by atoms with E-state index in [9.17, 15) is 9.59 Å². The number of carboxylic acids is 1. The van der Waals surface area contributed by atoms with Crippen LogP contribution in [-0.4, -0.2) is 26.1 Å². The van der Waals surface area contributed by atoms with Crippen LogP contribution in [-0.2, 0) is 11.3 Å². The number of carboxylic acid groups (broad SMARTS) is 1. The number of aryl methyl sites for hydroxylation is 2. The number of benzene rings is 1. The SMILES string of the molecule is Cc1cc(C)c2nnn(CC(=O)O)c(=O)c2c1. The highest BCUT2D eigenvalue weighted by molar-refractivity contribution is 5.81. The lowest BCUT2D eigenvalue weighted by atomic mass is 10.1. The first-order valence-electron chi connectivity index (χ1n) is 5.05. The highest BCUT2D eigenvalue weighted by atomic mass is 16.4. The molecule has 0 atom stereocenters. The van der Waals surface area contributed by atoms with Crippen molar-refractivity contribution in [3.8, 4) is 0 Å². The molecule has 0 aliphatic heterocycles. The molecule has 2 aromatic rings. The van der Waals surface area contributed by atoms with Gasteiger partial charge in [0.05, 0.1) is 5.39 Å². The molecule has 0 aliphatic carbocycles. The highest BCUT2D eigenvalue weighted by Gasteiger charge is 2.10. The van der Waals surface area contributed by atoms with Crippen LogP contribution in [0.1, 0.15) is 11.1 Å². The number of aliphatic carboxylic acids is 1. The summed E-state index contributed by atoms with van der Waals surface area (Å²) in [5.74, 6) is -1.12. The molecule has 1 aromatic heterocycles. The second kappa shape index (κ2) is 3.97. The van der Waals surface area contributed by atoms with Crippen LogP contribution in [0.15, 0.2) is 16.9 Å². The molecule has 0 unspecified atom stereocenters. The summed E-state index contributed by atoms with van der Waals surface area (Å²) >= 11 is 0. The maximum Gasteiger partial charge on any atom is 0.325 e. The van der Waals surface area contributed by atoms with Gasteiger partial charge in [-0.3, -0.25) is 9.59 Å². The van der Waals surface area contributed by atoms with Crippen molar-refractivity contribution in [3.63, 3.8) is 0 Å². The lowest BCUT2D eigenvalue weighted by molar-refractivity contribution is -0.138. The van der Waals surface area contributed by atoms with Gasteiger partial charge in [0.1, 0.15) is 12.1 Å². The third kappa shape index (κ3) is 2.01. The molecular weight excluding hydrogens is 222 g/mol. The molecule has 17 heavy (non-hydrogen) atoms. The van der Waals surface area contributed by atoms with E-state index in [-0.39, 0.29) is 0 Å². The summed E-state index contributed by atoms with van der Waals surface area (Å²) in [5.41, 5.74) is 1.88. The lowest BCUT2D eigenvalue weighted by Crippen LogP contribution is -2.27. The van der Waals surface area contributed by atoms with E-state index in [1.807, 2.05) is 19.9 Å². The standard InChI is InChI=1S/C11H11N3O3/c1-6-3-7(2)10-8(4-6)11(17)14(13-12-10)5-9(15)16/h3-4H,5H2,1-2H3,(H,15,16). The number of hydrogen-bond donors (Lipinski definition) is 1. The zero-order chi connectivity index (χ0) is 12.6. The van der Waals surface area contributed by atoms with E-state index >= 15 is 0 Å². The average Bonchev–Trinajstić information content (AvgIpc) is 2.22. The molecule has 0 saturated heterocycles. The Morgan fingerprint density at radius 1 is 1.41 bits per heavy atom. The number of nitrogens with zero attached hydrogens (tertiary/aromatic N) is 3. The molecule has 2 rings (SSSR count). The van der Waals surface area contributed by atoms with Gasteiger partial charge in [-0.15, -0.1) is 5.10 Å². The molecule has 0 saturated carbocycles. The normalized spacial score (nSPS) is 10.7. The topological polar surface area (TPSA) is 85.1 Å². The third-order valence-electron chi connectivity index (χ3n) is 2.45. The van der Waals surface area contributed by atoms with Gasteiger partial charge in [-0.2, -0.15) is 4.68 Å². The van der Waals surface area contributed by atoms with Crippen LogP contribution in [0.4, 0.5) is 0 Å². The summed E-state index contributed by atoms with van der Waals surface area (Å²) in [6, 6.07) is 3.59. The van der Waals surface area contributed by atoms with Crippen molar-refractivity contribution in [2.75, 3.05) is 0 Å². The quantitative estimate of drug-likeness (QED) is 0.816. The first-order chi connectivity index (χ1) is 7.99. The van der Waals surface area contributed by atoms with Crippen molar-refractivity contribution in [2.45, 2.75) is 20.4 Å². The lowest BCUT2D eigenvalue weighted by Gasteiger charge is -2.04. The van der Waals surface area contributed by atoms with E-state index < -0.39 is 18.1 Å². The zero-order valence-electron chi connectivity index (χ0n) is 9.47. The molecule has 0 spiro atoms. The van der Waals surface area contributed by atoms with E-state index in [0.717, 1.165) is 15.8 Å². The van der Waals surface area contributed by atoms with Gasteiger partial charge in [0.25, 0.3) is 5.56 Å². The molecule has 88 valence electrons. The van der Waals surface area contributed by atoms with Gasteiger partial charge >= 0.3 is 5.97 Å². The summed E-state index contributed by atoms with van der Waals surface area (Å²) in [6.45, 7) is 3.23. The number of fused-ring (bicyclic) bond motifs is 1. The minimum atomic E-state index is -1.12. The number of aromatic nitrogens is 3. The van der Waals surface area contributed by atoms with E-state index in [1.54, 1.807) is 6.07 Å². The van der Waals surface area contributed by atoms with Crippen LogP contribution in [0.3, 0.4) is 0 Å². The summed E-state index contributed by atoms with van der Waals surface area (Å²) in [4.78, 5) is 22.5. The first kappa shape index (κ1) is 11.3. The Bertz CT molecular complexity index is 661. The van der Waals surface area contributed by atoms with E-state index in [1.165, 1.54) is 0 Å². The van der Waals surface area contributed by atoms with Gasteiger partial charge in [0.2, 0.25) is 0 Å². The largest absolute Gasteiger partial charge is 0.480 e. The predicted molar refractivity (Wildman–Crippen MR) is 60.9 cm³/mol. The molecule has 0 bridgehead atoms.